The number of hydrogen-bond donors (Lipinski definition) is 1. The van der Waals surface area contributed by atoms with Crippen LogP contribution in [0, 0.1) is 0 Å². The van der Waals surface area contributed by atoms with E-state index in [1.54, 1.807) is 29.1 Å². The van der Waals surface area contributed by atoms with Crippen LogP contribution < -0.4 is 5.32 Å². The molecule has 0 aliphatic heterocycles. The summed E-state index contributed by atoms with van der Waals surface area (Å²) in [7, 11) is 0. The lowest BCUT2D eigenvalue weighted by atomic mass is 10.2. The zero-order valence-electron chi connectivity index (χ0n) is 8.59. The number of hydrogen-bond acceptors (Lipinski definition) is 4. The maximum Gasteiger partial charge on any atom is 0.225 e. The molecule has 1 N–H and O–H groups in total. The van der Waals surface area contributed by atoms with E-state index in [1.165, 1.54) is 0 Å². The number of thiazole rings is 1. The molecule has 0 spiro atoms. The maximum absolute atomic E-state index is 11.5. The summed E-state index contributed by atoms with van der Waals surface area (Å²) in [4.78, 5) is 19.7. The van der Waals surface area contributed by atoms with Crippen LogP contribution in [0.15, 0.2) is 35.3 Å². The van der Waals surface area contributed by atoms with Gasteiger partial charge in [0.25, 0.3) is 0 Å². The fourth-order valence-corrected chi connectivity index (χ4v) is 1.84. The number of aryl methyl sites for hydroxylation is 1. The van der Waals surface area contributed by atoms with Crippen LogP contribution in [-0.4, -0.2) is 15.9 Å². The molecule has 2 aromatic heterocycles. The molecule has 2 aromatic rings. The van der Waals surface area contributed by atoms with Crippen molar-refractivity contribution in [3.05, 3.63) is 41.0 Å². The first-order valence-electron chi connectivity index (χ1n) is 4.92. The van der Waals surface area contributed by atoms with Gasteiger partial charge in [-0.25, -0.2) is 9.97 Å². The van der Waals surface area contributed by atoms with Crippen LogP contribution in [-0.2, 0) is 11.2 Å². The number of aromatic nitrogens is 2. The first kappa shape index (κ1) is 10.8. The standard InChI is InChI=1S/C11H11N3OS/c15-11(5-4-9-7-16-8-13-9)14-10-3-1-2-6-12-10/h1-3,6-8H,4-5H2,(H,12,14,15). The molecule has 2 rings (SSSR count). The van der Waals surface area contributed by atoms with Gasteiger partial charge in [-0.05, 0) is 18.6 Å². The lowest BCUT2D eigenvalue weighted by Crippen LogP contribution is -2.13. The van der Waals surface area contributed by atoms with Gasteiger partial charge >= 0.3 is 0 Å². The fourth-order valence-electron chi connectivity index (χ4n) is 1.24. The van der Waals surface area contributed by atoms with Crippen LogP contribution in [0.2, 0.25) is 0 Å². The van der Waals surface area contributed by atoms with Gasteiger partial charge in [0.15, 0.2) is 0 Å². The van der Waals surface area contributed by atoms with Crippen molar-refractivity contribution in [2.75, 3.05) is 5.32 Å². The van der Waals surface area contributed by atoms with Gasteiger partial charge in [-0.1, -0.05) is 6.07 Å². The number of carbonyl (C=O) groups is 1. The zero-order valence-corrected chi connectivity index (χ0v) is 9.41. The Labute approximate surface area is 97.4 Å². The second kappa shape index (κ2) is 5.37. The normalized spacial score (nSPS) is 10.0. The summed E-state index contributed by atoms with van der Waals surface area (Å²) in [5, 5.41) is 4.68. The lowest BCUT2D eigenvalue weighted by molar-refractivity contribution is -0.116. The average Bonchev–Trinajstić information content (AvgIpc) is 2.81. The summed E-state index contributed by atoms with van der Waals surface area (Å²) >= 11 is 1.54. The van der Waals surface area contributed by atoms with Crippen molar-refractivity contribution in [1.82, 2.24) is 9.97 Å². The van der Waals surface area contributed by atoms with Gasteiger partial charge in [0.2, 0.25) is 5.91 Å². The van der Waals surface area contributed by atoms with Gasteiger partial charge in [0.1, 0.15) is 5.82 Å². The number of nitrogens with one attached hydrogen (secondary N) is 1. The maximum atomic E-state index is 11.5. The van der Waals surface area contributed by atoms with Crippen LogP contribution in [0.5, 0.6) is 0 Å². The molecule has 0 aromatic carbocycles. The third kappa shape index (κ3) is 3.13. The SMILES string of the molecule is O=C(CCc1cscn1)Nc1ccccn1. The minimum Gasteiger partial charge on any atom is -0.311 e. The Hall–Kier alpha value is -1.75. The third-order valence-corrected chi connectivity index (χ3v) is 2.66. The highest BCUT2D eigenvalue weighted by Crippen LogP contribution is 2.06. The summed E-state index contributed by atoms with van der Waals surface area (Å²) in [6.07, 6.45) is 2.75. The highest BCUT2D eigenvalue weighted by Gasteiger charge is 2.04. The highest BCUT2D eigenvalue weighted by molar-refractivity contribution is 7.07. The van der Waals surface area contributed by atoms with Crippen molar-refractivity contribution >= 4 is 23.1 Å². The number of rotatable bonds is 4. The monoisotopic (exact) mass is 233 g/mol. The molecule has 0 aliphatic rings. The van der Waals surface area contributed by atoms with E-state index in [-0.39, 0.29) is 5.91 Å². The van der Waals surface area contributed by atoms with Crippen molar-refractivity contribution in [3.63, 3.8) is 0 Å². The van der Waals surface area contributed by atoms with Crippen LogP contribution in [0.3, 0.4) is 0 Å². The number of anilines is 1. The topological polar surface area (TPSA) is 54.9 Å². The number of nitrogens with zero attached hydrogens (tertiary/aromatic N) is 2. The van der Waals surface area contributed by atoms with Gasteiger partial charge in [-0.15, -0.1) is 11.3 Å². The second-order valence-corrected chi connectivity index (χ2v) is 3.96. The molecule has 0 saturated carbocycles. The Kier molecular flexibility index (Phi) is 3.61. The largest absolute Gasteiger partial charge is 0.311 e. The van der Waals surface area contributed by atoms with E-state index >= 15 is 0 Å². The predicted octanol–water partition coefficient (Wildman–Crippen LogP) is 2.11. The van der Waals surface area contributed by atoms with E-state index in [2.05, 4.69) is 15.3 Å². The Balaban J connectivity index is 1.81. The Morgan fingerprint density at radius 3 is 3.00 bits per heavy atom. The molecule has 0 unspecified atom stereocenters. The highest BCUT2D eigenvalue weighted by atomic mass is 32.1. The summed E-state index contributed by atoms with van der Waals surface area (Å²) in [5.74, 6) is 0.553. The van der Waals surface area contributed by atoms with E-state index in [9.17, 15) is 4.79 Å². The first-order chi connectivity index (χ1) is 7.84. The van der Waals surface area contributed by atoms with Crippen LogP contribution in [0.1, 0.15) is 12.1 Å². The summed E-state index contributed by atoms with van der Waals surface area (Å²) < 4.78 is 0. The van der Waals surface area contributed by atoms with E-state index in [4.69, 9.17) is 0 Å². The van der Waals surface area contributed by atoms with Gasteiger partial charge in [0, 0.05) is 18.0 Å². The molecule has 0 bridgehead atoms. The van der Waals surface area contributed by atoms with Crippen molar-refractivity contribution in [1.29, 1.82) is 0 Å². The summed E-state index contributed by atoms with van der Waals surface area (Å²) in [6.45, 7) is 0. The van der Waals surface area contributed by atoms with Gasteiger partial charge in [0.05, 0.1) is 11.2 Å². The van der Waals surface area contributed by atoms with E-state index in [1.807, 2.05) is 17.5 Å². The Bertz CT molecular complexity index is 442. The minimum absolute atomic E-state index is 0.0355. The Morgan fingerprint density at radius 1 is 1.38 bits per heavy atom. The van der Waals surface area contributed by atoms with Crippen molar-refractivity contribution in [2.45, 2.75) is 12.8 Å². The quantitative estimate of drug-likeness (QED) is 0.880. The molecule has 0 saturated heterocycles. The van der Waals surface area contributed by atoms with Gasteiger partial charge < -0.3 is 5.32 Å². The van der Waals surface area contributed by atoms with Crippen molar-refractivity contribution in [2.24, 2.45) is 0 Å². The minimum atomic E-state index is -0.0355. The van der Waals surface area contributed by atoms with Crippen molar-refractivity contribution < 1.29 is 4.79 Å². The molecule has 4 nitrogen and oxygen atoms in total. The van der Waals surface area contributed by atoms with E-state index < -0.39 is 0 Å². The number of carbonyl (C=O) groups excluding carboxylic acids is 1. The third-order valence-electron chi connectivity index (χ3n) is 2.02. The van der Waals surface area contributed by atoms with E-state index in [0.29, 0.717) is 18.7 Å². The fraction of sp³-hybridized carbons (Fsp3) is 0.182. The lowest BCUT2D eigenvalue weighted by Gasteiger charge is -2.02. The van der Waals surface area contributed by atoms with E-state index in [0.717, 1.165) is 5.69 Å². The Morgan fingerprint density at radius 2 is 2.31 bits per heavy atom. The summed E-state index contributed by atoms with van der Waals surface area (Å²) in [6, 6.07) is 5.41. The number of amides is 1. The molecule has 1 amide bonds. The molecule has 0 radical (unpaired) electrons. The molecule has 0 fully saturated rings. The summed E-state index contributed by atoms with van der Waals surface area (Å²) in [5.41, 5.74) is 2.73. The molecule has 2 heterocycles. The molecule has 0 atom stereocenters. The van der Waals surface area contributed by atoms with Crippen molar-refractivity contribution in [3.8, 4) is 0 Å². The molecule has 5 heteroatoms. The van der Waals surface area contributed by atoms with Gasteiger partial charge in [-0.3, -0.25) is 4.79 Å². The zero-order chi connectivity index (χ0) is 11.2. The molecule has 16 heavy (non-hydrogen) atoms. The second-order valence-electron chi connectivity index (χ2n) is 3.24. The van der Waals surface area contributed by atoms with Crippen LogP contribution in [0.25, 0.3) is 0 Å². The average molecular weight is 233 g/mol. The molecular weight excluding hydrogens is 222 g/mol. The molecular formula is C11H11N3OS. The molecule has 82 valence electrons. The van der Waals surface area contributed by atoms with Gasteiger partial charge in [-0.2, -0.15) is 0 Å². The van der Waals surface area contributed by atoms with Crippen LogP contribution in [0.4, 0.5) is 5.82 Å². The first-order valence-corrected chi connectivity index (χ1v) is 5.87. The predicted molar refractivity (Wildman–Crippen MR) is 63.3 cm³/mol. The smallest absolute Gasteiger partial charge is 0.225 e. The molecule has 0 aliphatic carbocycles. The number of pyridine rings is 1. The van der Waals surface area contributed by atoms with Crippen LogP contribution >= 0.6 is 11.3 Å².